The van der Waals surface area contributed by atoms with E-state index in [9.17, 15) is 14.4 Å². The van der Waals surface area contributed by atoms with Crippen molar-refractivity contribution >= 4 is 23.3 Å². The van der Waals surface area contributed by atoms with Crippen molar-refractivity contribution in [3.63, 3.8) is 0 Å². The van der Waals surface area contributed by atoms with Crippen LogP contribution in [0.1, 0.15) is 49.1 Å². The van der Waals surface area contributed by atoms with Gasteiger partial charge in [-0.25, -0.2) is 0 Å². The largest absolute Gasteiger partial charge is 0.348 e. The second kappa shape index (κ2) is 8.97. The minimum Gasteiger partial charge on any atom is -0.348 e. The molecular formula is C24H22N2O3. The molecule has 0 saturated heterocycles. The topological polar surface area (TPSA) is 75.3 Å². The van der Waals surface area contributed by atoms with Crippen LogP contribution in [0.15, 0.2) is 72.8 Å². The summed E-state index contributed by atoms with van der Waals surface area (Å²) in [6.07, 6.45) is 0. The van der Waals surface area contributed by atoms with E-state index >= 15 is 0 Å². The molecule has 0 bridgehead atoms. The first-order valence-electron chi connectivity index (χ1n) is 9.28. The third-order valence-corrected chi connectivity index (χ3v) is 4.47. The van der Waals surface area contributed by atoms with Crippen molar-refractivity contribution in [3.8, 4) is 0 Å². The third-order valence-electron chi connectivity index (χ3n) is 4.47. The Morgan fingerprint density at radius 1 is 0.759 bits per heavy atom. The zero-order valence-electron chi connectivity index (χ0n) is 16.4. The number of amides is 2. The Morgan fingerprint density at radius 2 is 1.41 bits per heavy atom. The van der Waals surface area contributed by atoms with Crippen LogP contribution in [0.5, 0.6) is 0 Å². The molecule has 0 aliphatic carbocycles. The highest BCUT2D eigenvalue weighted by atomic mass is 16.2. The second-order valence-corrected chi connectivity index (χ2v) is 6.84. The van der Waals surface area contributed by atoms with Gasteiger partial charge in [-0.15, -0.1) is 0 Å². The normalized spacial score (nSPS) is 10.3. The molecule has 0 aliphatic rings. The summed E-state index contributed by atoms with van der Waals surface area (Å²) in [5.74, 6) is -0.577. The molecule has 5 nitrogen and oxygen atoms in total. The van der Waals surface area contributed by atoms with E-state index in [-0.39, 0.29) is 17.6 Å². The van der Waals surface area contributed by atoms with Crippen molar-refractivity contribution in [3.05, 3.63) is 101 Å². The van der Waals surface area contributed by atoms with Crippen LogP contribution < -0.4 is 10.6 Å². The average molecular weight is 386 g/mol. The van der Waals surface area contributed by atoms with E-state index < -0.39 is 0 Å². The predicted octanol–water partition coefficient (Wildman–Crippen LogP) is 4.38. The fourth-order valence-corrected chi connectivity index (χ4v) is 2.90. The van der Waals surface area contributed by atoms with Gasteiger partial charge >= 0.3 is 0 Å². The predicted molar refractivity (Wildman–Crippen MR) is 113 cm³/mol. The van der Waals surface area contributed by atoms with E-state index in [0.717, 1.165) is 11.1 Å². The Balaban J connectivity index is 1.61. The van der Waals surface area contributed by atoms with Gasteiger partial charge in [0.1, 0.15) is 0 Å². The lowest BCUT2D eigenvalue weighted by Crippen LogP contribution is -2.23. The molecule has 3 aromatic rings. The molecule has 2 amide bonds. The van der Waals surface area contributed by atoms with Gasteiger partial charge in [-0.05, 0) is 55.8 Å². The number of ketones is 1. The van der Waals surface area contributed by atoms with E-state index in [1.165, 1.54) is 6.92 Å². The van der Waals surface area contributed by atoms with Gasteiger partial charge in [0, 0.05) is 28.9 Å². The van der Waals surface area contributed by atoms with E-state index in [0.29, 0.717) is 28.9 Å². The first-order valence-corrected chi connectivity index (χ1v) is 9.28. The van der Waals surface area contributed by atoms with Gasteiger partial charge in [0.2, 0.25) is 0 Å². The lowest BCUT2D eigenvalue weighted by Gasteiger charge is -2.08. The molecule has 0 heterocycles. The maximum Gasteiger partial charge on any atom is 0.255 e. The number of hydrogen-bond donors (Lipinski definition) is 2. The summed E-state index contributed by atoms with van der Waals surface area (Å²) in [5.41, 5.74) is 4.15. The molecule has 3 rings (SSSR count). The van der Waals surface area contributed by atoms with Crippen molar-refractivity contribution in [2.75, 3.05) is 5.32 Å². The summed E-state index contributed by atoms with van der Waals surface area (Å²) >= 11 is 0. The minimum absolute atomic E-state index is 0.0675. The molecule has 29 heavy (non-hydrogen) atoms. The third kappa shape index (κ3) is 5.39. The molecule has 0 aromatic heterocycles. The lowest BCUT2D eigenvalue weighted by atomic mass is 10.1. The van der Waals surface area contributed by atoms with Gasteiger partial charge in [0.25, 0.3) is 11.8 Å². The summed E-state index contributed by atoms with van der Waals surface area (Å²) in [6, 6.07) is 21.1. The van der Waals surface area contributed by atoms with Crippen molar-refractivity contribution in [1.82, 2.24) is 5.32 Å². The second-order valence-electron chi connectivity index (χ2n) is 6.84. The van der Waals surface area contributed by atoms with Crippen molar-refractivity contribution in [1.29, 1.82) is 0 Å². The van der Waals surface area contributed by atoms with Gasteiger partial charge < -0.3 is 10.6 Å². The minimum atomic E-state index is -0.308. The molecule has 0 aliphatic heterocycles. The monoisotopic (exact) mass is 386 g/mol. The molecular weight excluding hydrogens is 364 g/mol. The molecule has 5 heteroatoms. The molecule has 2 N–H and O–H groups in total. The number of aryl methyl sites for hydroxylation is 1. The maximum absolute atomic E-state index is 12.4. The van der Waals surface area contributed by atoms with E-state index in [2.05, 4.69) is 10.6 Å². The van der Waals surface area contributed by atoms with Gasteiger partial charge in [-0.2, -0.15) is 0 Å². The average Bonchev–Trinajstić information content (AvgIpc) is 2.72. The Labute approximate surface area is 169 Å². The van der Waals surface area contributed by atoms with Crippen LogP contribution in [0.2, 0.25) is 0 Å². The molecule has 0 spiro atoms. The summed E-state index contributed by atoms with van der Waals surface area (Å²) in [5, 5.41) is 5.64. The fourth-order valence-electron chi connectivity index (χ4n) is 2.90. The number of rotatable bonds is 6. The Hall–Kier alpha value is -3.73. The smallest absolute Gasteiger partial charge is 0.255 e. The molecule has 146 valence electrons. The zero-order chi connectivity index (χ0) is 20.8. The van der Waals surface area contributed by atoms with Gasteiger partial charge in [0.05, 0.1) is 0 Å². The van der Waals surface area contributed by atoms with Crippen LogP contribution in [-0.2, 0) is 6.54 Å². The van der Waals surface area contributed by atoms with Crippen molar-refractivity contribution in [2.45, 2.75) is 20.4 Å². The van der Waals surface area contributed by atoms with Crippen LogP contribution >= 0.6 is 0 Å². The number of carbonyl (C=O) groups excluding carboxylic acids is 3. The molecule has 0 radical (unpaired) electrons. The van der Waals surface area contributed by atoms with Crippen LogP contribution in [0.4, 0.5) is 5.69 Å². The molecule has 0 atom stereocenters. The Morgan fingerprint density at radius 3 is 2.07 bits per heavy atom. The van der Waals surface area contributed by atoms with Crippen LogP contribution in [-0.4, -0.2) is 17.6 Å². The van der Waals surface area contributed by atoms with Crippen LogP contribution in [0.25, 0.3) is 0 Å². The number of Topliss-reactive ketones (excluding diaryl/α,β-unsaturated/α-hetero) is 1. The molecule has 3 aromatic carbocycles. The highest BCUT2D eigenvalue weighted by Crippen LogP contribution is 2.14. The molecule has 0 saturated carbocycles. The quantitative estimate of drug-likeness (QED) is 0.618. The summed E-state index contributed by atoms with van der Waals surface area (Å²) < 4.78 is 0. The van der Waals surface area contributed by atoms with E-state index in [1.807, 2.05) is 31.2 Å². The standard InChI is InChI=1S/C24H22N2O3/c1-16-5-3-6-18(13-16)15-25-23(28)19-9-11-20(12-10-19)24(29)26-22-8-4-7-21(14-22)17(2)27/h3-14H,15H2,1-2H3,(H,25,28)(H,26,29). The number of anilines is 1. The number of carbonyl (C=O) groups is 3. The van der Waals surface area contributed by atoms with Crippen LogP contribution in [0, 0.1) is 6.92 Å². The van der Waals surface area contributed by atoms with E-state index in [1.54, 1.807) is 48.5 Å². The Bertz CT molecular complexity index is 1060. The van der Waals surface area contributed by atoms with Crippen molar-refractivity contribution in [2.24, 2.45) is 0 Å². The molecule has 0 fully saturated rings. The fraction of sp³-hybridized carbons (Fsp3) is 0.125. The summed E-state index contributed by atoms with van der Waals surface area (Å²) in [6.45, 7) is 3.92. The van der Waals surface area contributed by atoms with Crippen LogP contribution in [0.3, 0.4) is 0 Å². The highest BCUT2D eigenvalue weighted by molar-refractivity contribution is 6.05. The first-order chi connectivity index (χ1) is 13.9. The maximum atomic E-state index is 12.4. The van der Waals surface area contributed by atoms with E-state index in [4.69, 9.17) is 0 Å². The summed E-state index contributed by atoms with van der Waals surface area (Å²) in [7, 11) is 0. The zero-order valence-corrected chi connectivity index (χ0v) is 16.4. The SMILES string of the molecule is CC(=O)c1cccc(NC(=O)c2ccc(C(=O)NCc3cccc(C)c3)cc2)c1. The first kappa shape index (κ1) is 20.0. The highest BCUT2D eigenvalue weighted by Gasteiger charge is 2.10. The number of benzene rings is 3. The lowest BCUT2D eigenvalue weighted by molar-refractivity contribution is 0.0948. The van der Waals surface area contributed by atoms with Gasteiger partial charge in [-0.1, -0.05) is 42.0 Å². The van der Waals surface area contributed by atoms with Crippen molar-refractivity contribution < 1.29 is 14.4 Å². The summed E-state index contributed by atoms with van der Waals surface area (Å²) in [4.78, 5) is 36.2. The van der Waals surface area contributed by atoms with Gasteiger partial charge in [0.15, 0.2) is 5.78 Å². The number of nitrogens with one attached hydrogen (secondary N) is 2. The van der Waals surface area contributed by atoms with Gasteiger partial charge in [-0.3, -0.25) is 14.4 Å². The number of hydrogen-bond acceptors (Lipinski definition) is 3. The Kier molecular flexibility index (Phi) is 6.19. The molecule has 0 unspecified atom stereocenters.